The number of hydrogen-bond donors (Lipinski definition) is 1. The Morgan fingerprint density at radius 3 is 2.08 bits per heavy atom. The summed E-state index contributed by atoms with van der Waals surface area (Å²) in [6, 6.07) is 20.8. The third-order valence-electron chi connectivity index (χ3n) is 7.54. The molecule has 0 spiro atoms. The number of para-hydroxylation sites is 1. The van der Waals surface area contributed by atoms with Crippen molar-refractivity contribution in [3.05, 3.63) is 96.0 Å². The molecular formula is C34H40N4O. The van der Waals surface area contributed by atoms with Crippen LogP contribution in [0.1, 0.15) is 76.0 Å². The van der Waals surface area contributed by atoms with Crippen LogP contribution in [0.5, 0.6) is 5.75 Å². The van der Waals surface area contributed by atoms with E-state index >= 15 is 0 Å². The molecule has 202 valence electrons. The molecule has 0 saturated heterocycles. The highest BCUT2D eigenvalue weighted by molar-refractivity contribution is 5.74. The molecule has 0 amide bonds. The zero-order valence-corrected chi connectivity index (χ0v) is 24.2. The van der Waals surface area contributed by atoms with E-state index in [0.717, 1.165) is 35.0 Å². The van der Waals surface area contributed by atoms with Gasteiger partial charge >= 0.3 is 0 Å². The largest absolute Gasteiger partial charge is 0.507 e. The van der Waals surface area contributed by atoms with Gasteiger partial charge in [0.15, 0.2) is 0 Å². The minimum Gasteiger partial charge on any atom is -0.507 e. The van der Waals surface area contributed by atoms with Gasteiger partial charge in [-0.15, -0.1) is 0 Å². The Labute approximate surface area is 233 Å². The van der Waals surface area contributed by atoms with Gasteiger partial charge in [-0.05, 0) is 58.7 Å². The van der Waals surface area contributed by atoms with Crippen molar-refractivity contribution in [2.24, 2.45) is 0 Å². The molecule has 39 heavy (non-hydrogen) atoms. The third kappa shape index (κ3) is 5.18. The lowest BCUT2D eigenvalue weighted by Crippen LogP contribution is -2.21. The number of hydrogen-bond acceptors (Lipinski definition) is 4. The summed E-state index contributed by atoms with van der Waals surface area (Å²) in [5.74, 6) is 2.05. The van der Waals surface area contributed by atoms with E-state index in [0.29, 0.717) is 17.8 Å². The van der Waals surface area contributed by atoms with Gasteiger partial charge in [0.2, 0.25) is 0 Å². The van der Waals surface area contributed by atoms with Crippen LogP contribution in [0.25, 0.3) is 28.3 Å². The van der Waals surface area contributed by atoms with E-state index in [9.17, 15) is 5.11 Å². The lowest BCUT2D eigenvalue weighted by Gasteiger charge is -2.24. The SMILES string of the molecule is CC(C)c1cc(C(C)C)c(-n2cc(-c3cccc(N4C=CN(C)C4)c3)nc2-c2ccccc2O)c(C(C)C)c1. The second-order valence-electron chi connectivity index (χ2n) is 11.6. The molecule has 0 atom stereocenters. The van der Waals surface area contributed by atoms with E-state index in [1.165, 1.54) is 22.4 Å². The molecule has 0 fully saturated rings. The second-order valence-corrected chi connectivity index (χ2v) is 11.6. The highest BCUT2D eigenvalue weighted by Crippen LogP contribution is 2.40. The van der Waals surface area contributed by atoms with E-state index in [2.05, 4.69) is 118 Å². The Balaban J connectivity index is 1.76. The molecule has 0 unspecified atom stereocenters. The van der Waals surface area contributed by atoms with Crippen LogP contribution in [0.2, 0.25) is 0 Å². The predicted octanol–water partition coefficient (Wildman–Crippen LogP) is 8.46. The van der Waals surface area contributed by atoms with Crippen molar-refractivity contribution in [3.63, 3.8) is 0 Å². The van der Waals surface area contributed by atoms with Crippen LogP contribution in [0, 0.1) is 0 Å². The van der Waals surface area contributed by atoms with Gasteiger partial charge in [-0.3, -0.25) is 4.57 Å². The van der Waals surface area contributed by atoms with Crippen molar-refractivity contribution in [1.82, 2.24) is 14.5 Å². The van der Waals surface area contributed by atoms with Gasteiger partial charge in [0.05, 0.1) is 23.6 Å². The summed E-state index contributed by atoms with van der Waals surface area (Å²) in [4.78, 5) is 9.56. The van der Waals surface area contributed by atoms with Crippen LogP contribution >= 0.6 is 0 Å². The number of phenols is 1. The summed E-state index contributed by atoms with van der Waals surface area (Å²) in [6.45, 7) is 14.4. The van der Waals surface area contributed by atoms with E-state index in [4.69, 9.17) is 4.98 Å². The maximum absolute atomic E-state index is 10.9. The zero-order valence-electron chi connectivity index (χ0n) is 24.2. The molecule has 2 heterocycles. The highest BCUT2D eigenvalue weighted by Gasteiger charge is 2.24. The molecule has 4 aromatic rings. The summed E-state index contributed by atoms with van der Waals surface area (Å²) >= 11 is 0. The summed E-state index contributed by atoms with van der Waals surface area (Å²) < 4.78 is 2.22. The Bertz CT molecular complexity index is 1480. The van der Waals surface area contributed by atoms with Gasteiger partial charge in [0, 0.05) is 36.9 Å². The predicted molar refractivity (Wildman–Crippen MR) is 163 cm³/mol. The van der Waals surface area contributed by atoms with Gasteiger partial charge in [-0.2, -0.15) is 0 Å². The number of nitrogens with zero attached hydrogens (tertiary/aromatic N) is 4. The first-order valence-electron chi connectivity index (χ1n) is 14.0. The van der Waals surface area contributed by atoms with Crippen molar-refractivity contribution in [1.29, 1.82) is 0 Å². The fourth-order valence-corrected chi connectivity index (χ4v) is 5.28. The maximum atomic E-state index is 10.9. The quantitative estimate of drug-likeness (QED) is 0.265. The normalized spacial score (nSPS) is 13.5. The number of benzene rings is 3. The summed E-state index contributed by atoms with van der Waals surface area (Å²) in [5.41, 5.74) is 8.88. The van der Waals surface area contributed by atoms with Crippen molar-refractivity contribution >= 4 is 5.69 Å². The minimum atomic E-state index is 0.228. The molecular weight excluding hydrogens is 480 g/mol. The summed E-state index contributed by atoms with van der Waals surface area (Å²) in [6.07, 6.45) is 6.33. The van der Waals surface area contributed by atoms with E-state index < -0.39 is 0 Å². The van der Waals surface area contributed by atoms with Crippen molar-refractivity contribution in [3.8, 4) is 34.1 Å². The zero-order chi connectivity index (χ0) is 27.8. The van der Waals surface area contributed by atoms with Crippen LogP contribution in [0.3, 0.4) is 0 Å². The van der Waals surface area contributed by atoms with Gasteiger partial charge in [-0.25, -0.2) is 4.98 Å². The molecule has 5 heteroatoms. The summed E-state index contributed by atoms with van der Waals surface area (Å²) in [7, 11) is 2.07. The Morgan fingerprint density at radius 1 is 0.795 bits per heavy atom. The Kier molecular flexibility index (Phi) is 7.26. The number of aromatic nitrogens is 2. The average Bonchev–Trinajstić information content (AvgIpc) is 3.55. The lowest BCUT2D eigenvalue weighted by molar-refractivity contribution is 0.477. The number of imidazole rings is 1. The van der Waals surface area contributed by atoms with E-state index in [1.807, 2.05) is 18.2 Å². The van der Waals surface area contributed by atoms with Gasteiger partial charge in [-0.1, -0.05) is 77.9 Å². The lowest BCUT2D eigenvalue weighted by atomic mass is 9.87. The minimum absolute atomic E-state index is 0.228. The molecule has 5 nitrogen and oxygen atoms in total. The van der Waals surface area contributed by atoms with Crippen LogP contribution in [0.15, 0.2) is 79.3 Å². The fraction of sp³-hybridized carbons (Fsp3) is 0.324. The summed E-state index contributed by atoms with van der Waals surface area (Å²) in [5, 5.41) is 10.9. The first kappa shape index (κ1) is 26.6. The second kappa shape index (κ2) is 10.6. The molecule has 0 saturated carbocycles. The smallest absolute Gasteiger partial charge is 0.148 e. The third-order valence-corrected chi connectivity index (χ3v) is 7.54. The molecule has 0 aliphatic carbocycles. The number of aromatic hydroxyl groups is 1. The highest BCUT2D eigenvalue weighted by atomic mass is 16.3. The Hall–Kier alpha value is -3.99. The number of anilines is 1. The van der Waals surface area contributed by atoms with Gasteiger partial charge in [0.25, 0.3) is 0 Å². The molecule has 0 bridgehead atoms. The molecule has 1 N–H and O–H groups in total. The number of rotatable bonds is 7. The molecule has 0 radical (unpaired) electrons. The molecule has 1 aromatic heterocycles. The Morgan fingerprint density at radius 2 is 1.49 bits per heavy atom. The van der Waals surface area contributed by atoms with E-state index in [-0.39, 0.29) is 5.75 Å². The average molecular weight is 521 g/mol. The monoisotopic (exact) mass is 520 g/mol. The molecule has 5 rings (SSSR count). The maximum Gasteiger partial charge on any atom is 0.148 e. The van der Waals surface area contributed by atoms with Crippen LogP contribution in [0.4, 0.5) is 5.69 Å². The van der Waals surface area contributed by atoms with E-state index in [1.54, 1.807) is 6.07 Å². The van der Waals surface area contributed by atoms with Gasteiger partial charge < -0.3 is 14.9 Å². The van der Waals surface area contributed by atoms with Crippen molar-refractivity contribution in [2.75, 3.05) is 18.6 Å². The van der Waals surface area contributed by atoms with Gasteiger partial charge in [0.1, 0.15) is 11.6 Å². The first-order valence-corrected chi connectivity index (χ1v) is 14.0. The van der Waals surface area contributed by atoms with Crippen LogP contribution in [-0.2, 0) is 0 Å². The molecule has 1 aliphatic rings. The van der Waals surface area contributed by atoms with Crippen molar-refractivity contribution < 1.29 is 5.11 Å². The van der Waals surface area contributed by atoms with Crippen molar-refractivity contribution in [2.45, 2.75) is 59.3 Å². The van der Waals surface area contributed by atoms with Crippen LogP contribution in [-0.4, -0.2) is 33.3 Å². The standard InChI is InChI=1S/C34H40N4O/c1-22(2)26-18-29(23(3)4)33(30(19-26)24(5)6)38-20-31(35-34(38)28-13-8-9-14-32(28)39)25-11-10-12-27(17-25)37-16-15-36(7)21-37/h8-20,22-24,39H,21H2,1-7H3. The number of phenolic OH excluding ortho intramolecular Hbond substituents is 1. The first-order chi connectivity index (χ1) is 18.6. The van der Waals surface area contributed by atoms with Crippen LogP contribution < -0.4 is 4.90 Å². The topological polar surface area (TPSA) is 44.5 Å². The molecule has 3 aromatic carbocycles. The molecule has 1 aliphatic heterocycles. The fourth-order valence-electron chi connectivity index (χ4n) is 5.28.